The van der Waals surface area contributed by atoms with E-state index in [1.54, 1.807) is 0 Å². The molecule has 1 N–H and O–H groups in total. The largest absolute Gasteiger partial charge is 0.304 e. The fourth-order valence-electron chi connectivity index (χ4n) is 2.80. The van der Waals surface area contributed by atoms with Crippen LogP contribution in [-0.4, -0.2) is 0 Å². The molecule has 0 fully saturated rings. The van der Waals surface area contributed by atoms with Gasteiger partial charge in [0.25, 0.3) is 0 Å². The van der Waals surface area contributed by atoms with Crippen LogP contribution in [0.2, 0.25) is 0 Å². The third-order valence-corrected chi connectivity index (χ3v) is 4.26. The summed E-state index contributed by atoms with van der Waals surface area (Å²) in [7, 11) is 0. The van der Waals surface area contributed by atoms with E-state index in [0.717, 1.165) is 0 Å². The van der Waals surface area contributed by atoms with Crippen LogP contribution in [0.25, 0.3) is 0 Å². The first-order chi connectivity index (χ1) is 9.99. The van der Waals surface area contributed by atoms with Gasteiger partial charge in [-0.1, -0.05) is 62.4 Å². The minimum Gasteiger partial charge on any atom is -0.304 e. The Kier molecular flexibility index (Phi) is 5.19. The number of aryl methyl sites for hydroxylation is 1. The molecule has 2 rings (SSSR count). The lowest BCUT2D eigenvalue weighted by molar-refractivity contribution is 0.493. The van der Waals surface area contributed by atoms with Gasteiger partial charge in [-0.05, 0) is 48.9 Å². The van der Waals surface area contributed by atoms with Crippen LogP contribution < -0.4 is 5.32 Å². The van der Waals surface area contributed by atoms with Crippen LogP contribution in [0.1, 0.15) is 68.0 Å². The Morgan fingerprint density at radius 3 is 1.86 bits per heavy atom. The normalized spacial score (nSPS) is 14.2. The Bertz CT molecular complexity index is 569. The average molecular weight is 281 g/mol. The van der Waals surface area contributed by atoms with Gasteiger partial charge >= 0.3 is 0 Å². The predicted octanol–water partition coefficient (Wildman–Crippen LogP) is 5.53. The predicted molar refractivity (Wildman–Crippen MR) is 91.7 cm³/mol. The Hall–Kier alpha value is -1.60. The summed E-state index contributed by atoms with van der Waals surface area (Å²) in [6.45, 7) is 11.1. The summed E-state index contributed by atoms with van der Waals surface area (Å²) >= 11 is 0. The van der Waals surface area contributed by atoms with E-state index in [2.05, 4.69) is 88.5 Å². The molecule has 0 saturated heterocycles. The van der Waals surface area contributed by atoms with E-state index in [4.69, 9.17) is 0 Å². The third-order valence-electron chi connectivity index (χ3n) is 4.26. The molecular weight excluding hydrogens is 254 g/mol. The quantitative estimate of drug-likeness (QED) is 0.759. The first-order valence-electron chi connectivity index (χ1n) is 7.90. The molecule has 0 amide bonds. The fraction of sp³-hybridized carbons (Fsp3) is 0.400. The maximum Gasteiger partial charge on any atom is 0.0300 e. The molecule has 2 aromatic rings. The van der Waals surface area contributed by atoms with E-state index >= 15 is 0 Å². The zero-order valence-corrected chi connectivity index (χ0v) is 13.9. The van der Waals surface area contributed by atoms with E-state index in [1.807, 2.05) is 0 Å². The van der Waals surface area contributed by atoms with Gasteiger partial charge in [0.1, 0.15) is 0 Å². The second-order valence-corrected chi connectivity index (χ2v) is 6.29. The molecule has 0 spiro atoms. The summed E-state index contributed by atoms with van der Waals surface area (Å²) in [6, 6.07) is 18.3. The first kappa shape index (κ1) is 15.8. The second kappa shape index (κ2) is 6.91. The summed E-state index contributed by atoms with van der Waals surface area (Å²) in [5, 5.41) is 3.70. The maximum atomic E-state index is 3.70. The van der Waals surface area contributed by atoms with Gasteiger partial charge in [-0.3, -0.25) is 0 Å². The molecule has 0 radical (unpaired) electrons. The number of nitrogens with one attached hydrogen (secondary N) is 1. The van der Waals surface area contributed by atoms with E-state index in [9.17, 15) is 0 Å². The standard InChI is InChI=1S/C20H27N/c1-14(2)18-10-12-19(13-11-18)16(4)21-17(5)20-9-7-6-8-15(20)3/h6-14,16-17,21H,1-5H3. The van der Waals surface area contributed by atoms with Crippen molar-refractivity contribution in [2.75, 3.05) is 0 Å². The molecule has 0 aliphatic carbocycles. The van der Waals surface area contributed by atoms with Crippen molar-refractivity contribution in [1.29, 1.82) is 0 Å². The summed E-state index contributed by atoms with van der Waals surface area (Å²) in [5.41, 5.74) is 5.47. The van der Waals surface area contributed by atoms with Crippen molar-refractivity contribution in [3.05, 3.63) is 70.8 Å². The smallest absolute Gasteiger partial charge is 0.0300 e. The Labute approximate surface area is 129 Å². The number of hydrogen-bond acceptors (Lipinski definition) is 1. The van der Waals surface area contributed by atoms with Crippen molar-refractivity contribution in [3.63, 3.8) is 0 Å². The van der Waals surface area contributed by atoms with Crippen molar-refractivity contribution in [2.24, 2.45) is 0 Å². The number of rotatable bonds is 5. The van der Waals surface area contributed by atoms with Crippen molar-refractivity contribution >= 4 is 0 Å². The van der Waals surface area contributed by atoms with Gasteiger partial charge in [0.2, 0.25) is 0 Å². The molecule has 0 aliphatic heterocycles. The minimum absolute atomic E-state index is 0.348. The maximum absolute atomic E-state index is 3.70. The lowest BCUT2D eigenvalue weighted by Gasteiger charge is -2.22. The zero-order valence-electron chi connectivity index (χ0n) is 13.9. The molecule has 0 bridgehead atoms. The molecule has 1 heteroatoms. The number of hydrogen-bond donors (Lipinski definition) is 1. The molecule has 2 unspecified atom stereocenters. The lowest BCUT2D eigenvalue weighted by atomic mass is 9.98. The zero-order chi connectivity index (χ0) is 15.4. The van der Waals surface area contributed by atoms with Gasteiger partial charge < -0.3 is 5.32 Å². The minimum atomic E-state index is 0.348. The van der Waals surface area contributed by atoms with E-state index in [0.29, 0.717) is 18.0 Å². The summed E-state index contributed by atoms with van der Waals surface area (Å²) in [5.74, 6) is 0.591. The van der Waals surface area contributed by atoms with Crippen LogP contribution in [0.5, 0.6) is 0 Å². The van der Waals surface area contributed by atoms with Gasteiger partial charge in [-0.2, -0.15) is 0 Å². The second-order valence-electron chi connectivity index (χ2n) is 6.29. The van der Waals surface area contributed by atoms with Gasteiger partial charge in [0, 0.05) is 12.1 Å². The van der Waals surface area contributed by atoms with E-state index in [1.165, 1.54) is 22.3 Å². The topological polar surface area (TPSA) is 12.0 Å². The van der Waals surface area contributed by atoms with Crippen molar-refractivity contribution in [2.45, 2.75) is 52.6 Å². The summed E-state index contributed by atoms with van der Waals surface area (Å²) < 4.78 is 0. The first-order valence-corrected chi connectivity index (χ1v) is 7.90. The molecule has 1 nitrogen and oxygen atoms in total. The molecular formula is C20H27N. The van der Waals surface area contributed by atoms with Crippen LogP contribution in [0.15, 0.2) is 48.5 Å². The summed E-state index contributed by atoms with van der Waals surface area (Å²) in [4.78, 5) is 0. The third kappa shape index (κ3) is 3.95. The molecule has 0 aromatic heterocycles. The Morgan fingerprint density at radius 1 is 0.714 bits per heavy atom. The monoisotopic (exact) mass is 281 g/mol. The van der Waals surface area contributed by atoms with E-state index in [-0.39, 0.29) is 0 Å². The fourth-order valence-corrected chi connectivity index (χ4v) is 2.80. The molecule has 0 saturated carbocycles. The Morgan fingerprint density at radius 2 is 1.29 bits per heavy atom. The molecule has 0 heterocycles. The van der Waals surface area contributed by atoms with Crippen LogP contribution in [0, 0.1) is 6.92 Å². The van der Waals surface area contributed by atoms with Crippen LogP contribution >= 0.6 is 0 Å². The molecule has 2 atom stereocenters. The van der Waals surface area contributed by atoms with Crippen molar-refractivity contribution in [3.8, 4) is 0 Å². The van der Waals surface area contributed by atoms with Crippen LogP contribution in [-0.2, 0) is 0 Å². The van der Waals surface area contributed by atoms with E-state index < -0.39 is 0 Å². The molecule has 2 aromatic carbocycles. The number of benzene rings is 2. The van der Waals surface area contributed by atoms with Gasteiger partial charge in [0.05, 0.1) is 0 Å². The van der Waals surface area contributed by atoms with Crippen molar-refractivity contribution in [1.82, 2.24) is 5.32 Å². The highest BCUT2D eigenvalue weighted by Crippen LogP contribution is 2.23. The molecule has 21 heavy (non-hydrogen) atoms. The lowest BCUT2D eigenvalue weighted by Crippen LogP contribution is -2.23. The van der Waals surface area contributed by atoms with Crippen molar-refractivity contribution < 1.29 is 0 Å². The summed E-state index contributed by atoms with van der Waals surface area (Å²) in [6.07, 6.45) is 0. The van der Waals surface area contributed by atoms with Crippen LogP contribution in [0.3, 0.4) is 0 Å². The molecule has 112 valence electrons. The highest BCUT2D eigenvalue weighted by Gasteiger charge is 2.12. The SMILES string of the molecule is Cc1ccccc1C(C)NC(C)c1ccc(C(C)C)cc1. The highest BCUT2D eigenvalue weighted by molar-refractivity contribution is 5.30. The van der Waals surface area contributed by atoms with Gasteiger partial charge in [-0.15, -0.1) is 0 Å². The average Bonchev–Trinajstić information content (AvgIpc) is 2.47. The highest BCUT2D eigenvalue weighted by atomic mass is 14.9. The van der Waals surface area contributed by atoms with Gasteiger partial charge in [0.15, 0.2) is 0 Å². The van der Waals surface area contributed by atoms with Gasteiger partial charge in [-0.25, -0.2) is 0 Å². The Balaban J connectivity index is 2.07. The van der Waals surface area contributed by atoms with Crippen LogP contribution in [0.4, 0.5) is 0 Å². The molecule has 0 aliphatic rings.